The molecule has 0 saturated carbocycles. The number of rotatable bonds is 12. The van der Waals surface area contributed by atoms with E-state index < -0.39 is 0 Å². The fourth-order valence-corrected chi connectivity index (χ4v) is 5.00. The van der Waals surface area contributed by atoms with E-state index in [0.29, 0.717) is 26.4 Å². The molecule has 1 aliphatic heterocycles. The smallest absolute Gasteiger partial charge is 0.130 e. The molecule has 1 saturated heterocycles. The van der Waals surface area contributed by atoms with Crippen LogP contribution in [-0.2, 0) is 38.8 Å². The Morgan fingerprint density at radius 2 is 1.21 bits per heavy atom. The van der Waals surface area contributed by atoms with Crippen LogP contribution >= 0.6 is 11.8 Å². The zero-order valence-electron chi connectivity index (χ0n) is 19.8. The first-order valence-corrected chi connectivity index (χ1v) is 13.1. The molecule has 4 nitrogen and oxygen atoms in total. The van der Waals surface area contributed by atoms with Gasteiger partial charge in [-0.15, -0.1) is 11.8 Å². The van der Waals surface area contributed by atoms with Crippen LogP contribution in [0, 0.1) is 0 Å². The van der Waals surface area contributed by atoms with Gasteiger partial charge in [-0.2, -0.15) is 0 Å². The molecule has 4 atom stereocenters. The molecule has 0 bridgehead atoms. The second kappa shape index (κ2) is 13.7. The van der Waals surface area contributed by atoms with Crippen LogP contribution in [0.4, 0.5) is 0 Å². The Morgan fingerprint density at radius 3 is 1.74 bits per heavy atom. The number of thioether (sulfide) groups is 1. The molecule has 1 aliphatic rings. The highest BCUT2D eigenvalue weighted by Gasteiger charge is 2.39. The van der Waals surface area contributed by atoms with Gasteiger partial charge in [0, 0.05) is 6.42 Å². The predicted molar refractivity (Wildman–Crippen MR) is 138 cm³/mol. The maximum atomic E-state index is 6.55. The van der Waals surface area contributed by atoms with Crippen molar-refractivity contribution in [3.05, 3.63) is 108 Å². The van der Waals surface area contributed by atoms with Crippen LogP contribution in [0.15, 0.2) is 91.0 Å². The molecule has 3 aromatic carbocycles. The third-order valence-electron chi connectivity index (χ3n) is 5.83. The molecule has 1 heterocycles. The molecule has 0 aromatic heterocycles. The standard InChI is InChI=1S/C29H34O4S/c1-2-34-29-27(32-21-25-16-10-5-11-17-25)18-26(31-20-24-14-8-4-9-15-24)28(33-29)22-30-19-23-12-6-3-7-13-23/h3-17,26-29H,2,18-22H2,1H3/t26-,27+,28+,29-/m0/s1. The van der Waals surface area contributed by atoms with Gasteiger partial charge in [0.05, 0.1) is 38.6 Å². The van der Waals surface area contributed by atoms with Gasteiger partial charge >= 0.3 is 0 Å². The van der Waals surface area contributed by atoms with Crippen LogP contribution in [0.1, 0.15) is 30.0 Å². The highest BCUT2D eigenvalue weighted by Crippen LogP contribution is 2.32. The average molecular weight is 479 g/mol. The first-order chi connectivity index (χ1) is 16.8. The highest BCUT2D eigenvalue weighted by atomic mass is 32.2. The molecule has 34 heavy (non-hydrogen) atoms. The summed E-state index contributed by atoms with van der Waals surface area (Å²) >= 11 is 1.79. The Morgan fingerprint density at radius 1 is 0.706 bits per heavy atom. The van der Waals surface area contributed by atoms with Crippen LogP contribution in [0.25, 0.3) is 0 Å². The van der Waals surface area contributed by atoms with Gasteiger partial charge < -0.3 is 18.9 Å². The fourth-order valence-electron chi connectivity index (χ4n) is 4.04. The van der Waals surface area contributed by atoms with E-state index in [9.17, 15) is 0 Å². The minimum Gasteiger partial charge on any atom is -0.374 e. The Bertz CT molecular complexity index is 938. The van der Waals surface area contributed by atoms with Crippen LogP contribution < -0.4 is 0 Å². The third-order valence-corrected chi connectivity index (χ3v) is 6.91. The predicted octanol–water partition coefficient (Wildman–Crippen LogP) is 6.24. The van der Waals surface area contributed by atoms with Crippen molar-refractivity contribution in [2.75, 3.05) is 12.4 Å². The second-order valence-electron chi connectivity index (χ2n) is 8.40. The summed E-state index contributed by atoms with van der Waals surface area (Å²) < 4.78 is 25.4. The summed E-state index contributed by atoms with van der Waals surface area (Å²) in [6.45, 7) is 4.31. The molecule has 0 amide bonds. The molecular weight excluding hydrogens is 444 g/mol. The molecule has 0 N–H and O–H groups in total. The molecule has 3 aromatic rings. The maximum Gasteiger partial charge on any atom is 0.130 e. The molecule has 0 unspecified atom stereocenters. The summed E-state index contributed by atoms with van der Waals surface area (Å²) in [5, 5.41) is 0. The van der Waals surface area contributed by atoms with Gasteiger partial charge in [0.15, 0.2) is 0 Å². The lowest BCUT2D eigenvalue weighted by Gasteiger charge is -2.41. The normalized spacial score (nSPS) is 22.5. The Hall–Kier alpha value is -2.15. The number of hydrogen-bond acceptors (Lipinski definition) is 5. The topological polar surface area (TPSA) is 36.9 Å². The summed E-state index contributed by atoms with van der Waals surface area (Å²) in [5.74, 6) is 0.961. The summed E-state index contributed by atoms with van der Waals surface area (Å²) in [6, 6.07) is 30.8. The zero-order chi connectivity index (χ0) is 23.4. The fraction of sp³-hybridized carbons (Fsp3) is 0.379. The highest BCUT2D eigenvalue weighted by molar-refractivity contribution is 7.99. The first-order valence-electron chi connectivity index (χ1n) is 12.0. The maximum absolute atomic E-state index is 6.55. The minimum absolute atomic E-state index is 0.0451. The molecule has 4 rings (SSSR count). The van der Waals surface area contributed by atoms with Crippen molar-refractivity contribution in [3.63, 3.8) is 0 Å². The molecule has 0 aliphatic carbocycles. The number of ether oxygens (including phenoxy) is 4. The summed E-state index contributed by atoms with van der Waals surface area (Å²) in [5.41, 5.74) is 3.43. The largest absolute Gasteiger partial charge is 0.374 e. The van der Waals surface area contributed by atoms with Crippen molar-refractivity contribution in [1.29, 1.82) is 0 Å². The first kappa shape index (κ1) is 25.0. The molecule has 1 fully saturated rings. The van der Waals surface area contributed by atoms with Gasteiger partial charge in [0.2, 0.25) is 0 Å². The summed E-state index contributed by atoms with van der Waals surface area (Å²) in [6.07, 6.45) is 0.478. The van der Waals surface area contributed by atoms with Gasteiger partial charge in [-0.3, -0.25) is 0 Å². The van der Waals surface area contributed by atoms with E-state index in [1.165, 1.54) is 0 Å². The lowest BCUT2D eigenvalue weighted by atomic mass is 10.0. The van der Waals surface area contributed by atoms with E-state index in [0.717, 1.165) is 28.9 Å². The van der Waals surface area contributed by atoms with E-state index in [4.69, 9.17) is 18.9 Å². The number of benzene rings is 3. The Kier molecular flexibility index (Phi) is 10.0. The quantitative estimate of drug-likeness (QED) is 0.308. The molecule has 180 valence electrons. The van der Waals surface area contributed by atoms with Crippen molar-refractivity contribution < 1.29 is 18.9 Å². The molecule has 5 heteroatoms. The van der Waals surface area contributed by atoms with Gasteiger partial charge in [-0.1, -0.05) is 97.9 Å². The minimum atomic E-state index is -0.145. The monoisotopic (exact) mass is 478 g/mol. The lowest BCUT2D eigenvalue weighted by molar-refractivity contribution is -0.191. The van der Waals surface area contributed by atoms with Gasteiger partial charge in [-0.05, 0) is 22.4 Å². The van der Waals surface area contributed by atoms with Crippen molar-refractivity contribution in [1.82, 2.24) is 0 Å². The van der Waals surface area contributed by atoms with Crippen LogP contribution in [0.2, 0.25) is 0 Å². The zero-order valence-corrected chi connectivity index (χ0v) is 20.6. The second-order valence-corrected chi connectivity index (χ2v) is 9.78. The molecule has 0 radical (unpaired) electrons. The van der Waals surface area contributed by atoms with Gasteiger partial charge in [0.1, 0.15) is 11.5 Å². The van der Waals surface area contributed by atoms with E-state index in [2.05, 4.69) is 43.3 Å². The third kappa shape index (κ3) is 7.69. The summed E-state index contributed by atoms with van der Waals surface area (Å²) in [4.78, 5) is 0. The number of hydrogen-bond donors (Lipinski definition) is 0. The van der Waals surface area contributed by atoms with Gasteiger partial charge in [-0.25, -0.2) is 0 Å². The van der Waals surface area contributed by atoms with E-state index in [-0.39, 0.29) is 23.7 Å². The van der Waals surface area contributed by atoms with E-state index >= 15 is 0 Å². The van der Waals surface area contributed by atoms with Crippen molar-refractivity contribution in [2.45, 2.75) is 56.9 Å². The van der Waals surface area contributed by atoms with Crippen molar-refractivity contribution >= 4 is 11.8 Å². The van der Waals surface area contributed by atoms with E-state index in [1.54, 1.807) is 11.8 Å². The van der Waals surface area contributed by atoms with Crippen molar-refractivity contribution in [3.8, 4) is 0 Å². The van der Waals surface area contributed by atoms with Crippen LogP contribution in [0.3, 0.4) is 0 Å². The van der Waals surface area contributed by atoms with Crippen molar-refractivity contribution in [2.24, 2.45) is 0 Å². The lowest BCUT2D eigenvalue weighted by Crippen LogP contribution is -2.49. The molecule has 0 spiro atoms. The Balaban J connectivity index is 1.41. The van der Waals surface area contributed by atoms with Gasteiger partial charge in [0.25, 0.3) is 0 Å². The Labute approximate surface area is 207 Å². The average Bonchev–Trinajstić information content (AvgIpc) is 2.89. The van der Waals surface area contributed by atoms with Crippen LogP contribution in [0.5, 0.6) is 0 Å². The summed E-state index contributed by atoms with van der Waals surface area (Å²) in [7, 11) is 0. The van der Waals surface area contributed by atoms with Crippen LogP contribution in [-0.4, -0.2) is 36.1 Å². The molecular formula is C29H34O4S. The SMILES string of the molecule is CCS[C@@H]1O[C@H](COCc2ccccc2)[C@@H](OCc2ccccc2)C[C@H]1OCc1ccccc1. The van der Waals surface area contributed by atoms with E-state index in [1.807, 2.05) is 54.6 Å².